The number of ether oxygens (including phenoxy) is 2. The lowest BCUT2D eigenvalue weighted by atomic mass is 10.2. The minimum Gasteiger partial charge on any atom is -0.493 e. The van der Waals surface area contributed by atoms with Crippen LogP contribution in [0.2, 0.25) is 0 Å². The minimum atomic E-state index is -0.342. The van der Waals surface area contributed by atoms with Gasteiger partial charge in [-0.25, -0.2) is 4.39 Å². The number of rotatable bonds is 8. The third-order valence-electron chi connectivity index (χ3n) is 4.53. The minimum absolute atomic E-state index is 0.0812. The first kappa shape index (κ1) is 20.6. The van der Waals surface area contributed by atoms with Gasteiger partial charge in [-0.1, -0.05) is 35.5 Å². The second-order valence-electron chi connectivity index (χ2n) is 6.60. The summed E-state index contributed by atoms with van der Waals surface area (Å²) in [5.74, 6) is 0.863. The van der Waals surface area contributed by atoms with E-state index >= 15 is 0 Å². The molecule has 0 spiro atoms. The molecule has 0 bridgehead atoms. The Kier molecular flexibility index (Phi) is 6.28. The van der Waals surface area contributed by atoms with Gasteiger partial charge in [0.1, 0.15) is 12.4 Å². The van der Waals surface area contributed by atoms with Crippen LogP contribution in [0.3, 0.4) is 0 Å². The fourth-order valence-electron chi connectivity index (χ4n) is 2.90. The quantitative estimate of drug-likeness (QED) is 0.416. The van der Waals surface area contributed by atoms with Gasteiger partial charge in [-0.15, -0.1) is 11.3 Å². The predicted molar refractivity (Wildman–Crippen MR) is 115 cm³/mol. The maximum Gasteiger partial charge on any atom is 0.273 e. The van der Waals surface area contributed by atoms with Crippen molar-refractivity contribution in [3.8, 4) is 22.1 Å². The van der Waals surface area contributed by atoms with Crippen LogP contribution >= 0.6 is 11.3 Å². The van der Waals surface area contributed by atoms with E-state index in [0.29, 0.717) is 22.8 Å². The second-order valence-corrected chi connectivity index (χ2v) is 7.55. The molecule has 0 radical (unpaired) electrons. The Morgan fingerprint density at radius 2 is 2.00 bits per heavy atom. The van der Waals surface area contributed by atoms with Crippen LogP contribution in [-0.2, 0) is 13.2 Å². The van der Waals surface area contributed by atoms with Gasteiger partial charge in [0.2, 0.25) is 0 Å². The van der Waals surface area contributed by atoms with Gasteiger partial charge in [-0.05, 0) is 35.2 Å². The van der Waals surface area contributed by atoms with Crippen molar-refractivity contribution in [3.05, 3.63) is 88.7 Å². The molecule has 1 amide bonds. The molecule has 4 rings (SSSR count). The van der Waals surface area contributed by atoms with Crippen LogP contribution < -0.4 is 14.8 Å². The average Bonchev–Trinajstić information content (AvgIpc) is 3.49. The summed E-state index contributed by atoms with van der Waals surface area (Å²) < 4.78 is 30.1. The highest BCUT2D eigenvalue weighted by molar-refractivity contribution is 7.13. The molecule has 1 N–H and O–H groups in total. The van der Waals surface area contributed by atoms with Crippen LogP contribution in [-0.4, -0.2) is 18.2 Å². The topological polar surface area (TPSA) is 73.6 Å². The van der Waals surface area contributed by atoms with Gasteiger partial charge in [0.15, 0.2) is 23.0 Å². The number of nitrogens with one attached hydrogen (secondary N) is 1. The molecule has 4 aromatic rings. The molecule has 0 aliphatic rings. The average molecular weight is 438 g/mol. The molecule has 0 atom stereocenters. The predicted octanol–water partition coefficient (Wildman–Crippen LogP) is 5.06. The number of halogens is 1. The molecule has 8 heteroatoms. The van der Waals surface area contributed by atoms with Gasteiger partial charge in [0, 0.05) is 18.2 Å². The number of methoxy groups -OCH3 is 1. The fourth-order valence-corrected chi connectivity index (χ4v) is 3.58. The Bertz CT molecular complexity index is 1170. The molecule has 0 unspecified atom stereocenters. The number of amides is 1. The lowest BCUT2D eigenvalue weighted by molar-refractivity contribution is 0.0942. The Morgan fingerprint density at radius 1 is 1.13 bits per heavy atom. The van der Waals surface area contributed by atoms with Gasteiger partial charge < -0.3 is 19.3 Å². The van der Waals surface area contributed by atoms with Crippen molar-refractivity contribution in [1.82, 2.24) is 10.5 Å². The molecule has 2 heterocycles. The molecule has 0 aliphatic carbocycles. The van der Waals surface area contributed by atoms with Crippen LogP contribution in [0.5, 0.6) is 11.5 Å². The molecule has 0 aliphatic heterocycles. The van der Waals surface area contributed by atoms with E-state index in [1.165, 1.54) is 24.5 Å². The summed E-state index contributed by atoms with van der Waals surface area (Å²) >= 11 is 1.51. The Hall–Kier alpha value is -3.65. The fraction of sp³-hybridized carbons (Fsp3) is 0.130. The Morgan fingerprint density at radius 3 is 2.77 bits per heavy atom. The van der Waals surface area contributed by atoms with Crippen molar-refractivity contribution < 1.29 is 23.2 Å². The van der Waals surface area contributed by atoms with Crippen molar-refractivity contribution in [1.29, 1.82) is 0 Å². The van der Waals surface area contributed by atoms with E-state index in [2.05, 4.69) is 10.5 Å². The van der Waals surface area contributed by atoms with Crippen LogP contribution in [0.1, 0.15) is 21.6 Å². The van der Waals surface area contributed by atoms with E-state index < -0.39 is 0 Å². The van der Waals surface area contributed by atoms with Crippen LogP contribution in [0.25, 0.3) is 10.6 Å². The van der Waals surface area contributed by atoms with Crippen LogP contribution in [0.15, 0.2) is 70.6 Å². The molecule has 0 fully saturated rings. The first-order valence-electron chi connectivity index (χ1n) is 9.46. The zero-order valence-corrected chi connectivity index (χ0v) is 17.4. The molecule has 0 saturated carbocycles. The van der Waals surface area contributed by atoms with E-state index in [1.54, 1.807) is 42.5 Å². The van der Waals surface area contributed by atoms with Gasteiger partial charge in [0.25, 0.3) is 5.91 Å². The van der Waals surface area contributed by atoms with E-state index in [4.69, 9.17) is 14.0 Å². The molecular weight excluding hydrogens is 419 g/mol. The van der Waals surface area contributed by atoms with Crippen molar-refractivity contribution in [2.45, 2.75) is 13.2 Å². The van der Waals surface area contributed by atoms with Gasteiger partial charge in [-0.2, -0.15) is 0 Å². The summed E-state index contributed by atoms with van der Waals surface area (Å²) in [5.41, 5.74) is 1.47. The molecule has 0 saturated heterocycles. The summed E-state index contributed by atoms with van der Waals surface area (Å²) in [5, 5.41) is 8.57. The standard InChI is InChI=1S/C23H19FN2O4S/c1-28-20-11-15(8-9-19(20)29-14-16-5-2-3-6-17(16)24)13-25-23(27)18-12-21(30-26-18)22-7-4-10-31-22/h2-12H,13-14H2,1H3,(H,25,27). The van der Waals surface area contributed by atoms with Crippen LogP contribution in [0, 0.1) is 5.82 Å². The van der Waals surface area contributed by atoms with Crippen molar-refractivity contribution in [2.75, 3.05) is 7.11 Å². The second kappa shape index (κ2) is 9.44. The van der Waals surface area contributed by atoms with E-state index in [9.17, 15) is 9.18 Å². The van der Waals surface area contributed by atoms with Crippen molar-refractivity contribution in [2.24, 2.45) is 0 Å². The number of carbonyl (C=O) groups excluding carboxylic acids is 1. The number of thiophene rings is 1. The van der Waals surface area contributed by atoms with Crippen LogP contribution in [0.4, 0.5) is 4.39 Å². The summed E-state index contributed by atoms with van der Waals surface area (Å²) in [4.78, 5) is 13.3. The smallest absolute Gasteiger partial charge is 0.273 e. The maximum absolute atomic E-state index is 13.8. The Labute approximate surface area is 182 Å². The normalized spacial score (nSPS) is 10.6. The summed E-state index contributed by atoms with van der Waals surface area (Å²) in [7, 11) is 1.52. The first-order chi connectivity index (χ1) is 15.1. The number of carbonyl (C=O) groups is 1. The molecule has 6 nitrogen and oxygen atoms in total. The van der Waals surface area contributed by atoms with Crippen molar-refractivity contribution in [3.63, 3.8) is 0 Å². The highest BCUT2D eigenvalue weighted by atomic mass is 32.1. The number of aromatic nitrogens is 1. The van der Waals surface area contributed by atoms with E-state index in [0.717, 1.165) is 10.4 Å². The summed E-state index contributed by atoms with van der Waals surface area (Å²) in [6, 6.07) is 17.1. The molecular formula is C23H19FN2O4S. The zero-order valence-electron chi connectivity index (χ0n) is 16.6. The number of hydrogen-bond acceptors (Lipinski definition) is 6. The first-order valence-corrected chi connectivity index (χ1v) is 10.3. The molecule has 158 valence electrons. The largest absolute Gasteiger partial charge is 0.493 e. The van der Waals surface area contributed by atoms with Gasteiger partial charge >= 0.3 is 0 Å². The molecule has 2 aromatic carbocycles. The lowest BCUT2D eigenvalue weighted by Gasteiger charge is -2.13. The third kappa shape index (κ3) is 4.92. The number of benzene rings is 2. The number of hydrogen-bond donors (Lipinski definition) is 1. The SMILES string of the molecule is COc1cc(CNC(=O)c2cc(-c3cccs3)on2)ccc1OCc1ccccc1F. The highest BCUT2D eigenvalue weighted by Gasteiger charge is 2.15. The third-order valence-corrected chi connectivity index (χ3v) is 5.41. The summed E-state index contributed by atoms with van der Waals surface area (Å²) in [6.07, 6.45) is 0. The molecule has 2 aromatic heterocycles. The van der Waals surface area contributed by atoms with E-state index in [1.807, 2.05) is 17.5 Å². The van der Waals surface area contributed by atoms with Gasteiger partial charge in [-0.3, -0.25) is 4.79 Å². The van der Waals surface area contributed by atoms with Crippen molar-refractivity contribution >= 4 is 17.2 Å². The maximum atomic E-state index is 13.8. The van der Waals surface area contributed by atoms with Gasteiger partial charge in [0.05, 0.1) is 12.0 Å². The number of nitrogens with zero attached hydrogens (tertiary/aromatic N) is 1. The Balaban J connectivity index is 1.37. The monoisotopic (exact) mass is 438 g/mol. The van der Waals surface area contributed by atoms with E-state index in [-0.39, 0.29) is 30.6 Å². The highest BCUT2D eigenvalue weighted by Crippen LogP contribution is 2.29. The zero-order chi connectivity index (χ0) is 21.6. The molecule has 31 heavy (non-hydrogen) atoms. The summed E-state index contributed by atoms with van der Waals surface area (Å²) in [6.45, 7) is 0.349. The lowest BCUT2D eigenvalue weighted by Crippen LogP contribution is -2.23.